The van der Waals surface area contributed by atoms with E-state index in [0.717, 1.165) is 5.56 Å². The van der Waals surface area contributed by atoms with E-state index in [1.54, 1.807) is 30.3 Å². The maximum Gasteiger partial charge on any atom is 0.262 e. The maximum absolute atomic E-state index is 12.7. The van der Waals surface area contributed by atoms with Gasteiger partial charge in [-0.05, 0) is 68.7 Å². The lowest BCUT2D eigenvalue weighted by atomic mass is 10.0. The molecule has 9 heteroatoms. The molecule has 0 aromatic heterocycles. The predicted octanol–water partition coefficient (Wildman–Crippen LogP) is 3.51. The average molecular weight is 470 g/mol. The molecule has 9 nitrogen and oxygen atoms in total. The van der Waals surface area contributed by atoms with Crippen LogP contribution in [-0.2, 0) is 4.79 Å². The van der Waals surface area contributed by atoms with Gasteiger partial charge < -0.3 is 24.3 Å². The number of carbonyl (C=O) groups is 2. The van der Waals surface area contributed by atoms with Gasteiger partial charge in [0.1, 0.15) is 6.04 Å². The van der Waals surface area contributed by atoms with Crippen LogP contribution in [0.25, 0.3) is 0 Å². The zero-order chi connectivity index (χ0) is 24.7. The summed E-state index contributed by atoms with van der Waals surface area (Å²) in [7, 11) is 0. The first-order valence-electron chi connectivity index (χ1n) is 11.3. The molecule has 2 aromatic rings. The van der Waals surface area contributed by atoms with E-state index in [1.165, 1.54) is 6.21 Å². The van der Waals surface area contributed by atoms with Crippen molar-refractivity contribution in [3.05, 3.63) is 47.5 Å². The molecule has 2 amide bonds. The third kappa shape index (κ3) is 6.40. The van der Waals surface area contributed by atoms with Gasteiger partial charge in [-0.1, -0.05) is 13.8 Å². The fourth-order valence-corrected chi connectivity index (χ4v) is 3.26. The largest absolute Gasteiger partial charge is 0.490 e. The van der Waals surface area contributed by atoms with Gasteiger partial charge >= 0.3 is 0 Å². The highest BCUT2D eigenvalue weighted by molar-refractivity contribution is 5.98. The van der Waals surface area contributed by atoms with Gasteiger partial charge in [-0.15, -0.1) is 0 Å². The molecule has 1 aliphatic rings. The maximum atomic E-state index is 12.7. The van der Waals surface area contributed by atoms with Crippen LogP contribution in [0.4, 0.5) is 0 Å². The number of hydrogen-bond donors (Lipinski definition) is 2. The molecule has 3 rings (SSSR count). The molecule has 0 radical (unpaired) electrons. The standard InChI is InChI=1S/C25H31N3O6/c1-6-31-21-11-17(7-9-20(21)34-16(4)5)13-26-28-25(30)23(15(2)3)27-24(29)18-8-10-19-22(12-18)33-14-32-19/h7-13,15-16,23H,6,14H2,1-5H3,(H,27,29)(H,28,30)/b26-13+. The van der Waals surface area contributed by atoms with E-state index < -0.39 is 17.9 Å². The van der Waals surface area contributed by atoms with Gasteiger partial charge in [0.25, 0.3) is 11.8 Å². The van der Waals surface area contributed by atoms with Gasteiger partial charge in [0.2, 0.25) is 6.79 Å². The van der Waals surface area contributed by atoms with Crippen LogP contribution in [0.2, 0.25) is 0 Å². The lowest BCUT2D eigenvalue weighted by Crippen LogP contribution is -2.48. The first kappa shape index (κ1) is 24.9. The number of amides is 2. The number of benzene rings is 2. The number of ether oxygens (including phenoxy) is 4. The average Bonchev–Trinajstić information content (AvgIpc) is 3.26. The Kier molecular flexibility index (Phi) is 8.34. The summed E-state index contributed by atoms with van der Waals surface area (Å²) in [5.41, 5.74) is 3.61. The van der Waals surface area contributed by atoms with E-state index in [2.05, 4.69) is 15.8 Å². The number of rotatable bonds is 10. The van der Waals surface area contributed by atoms with E-state index in [-0.39, 0.29) is 18.8 Å². The molecule has 0 saturated carbocycles. The third-order valence-electron chi connectivity index (χ3n) is 4.89. The second kappa shape index (κ2) is 11.4. The Hall–Kier alpha value is -3.75. The van der Waals surface area contributed by atoms with Crippen molar-refractivity contribution in [1.82, 2.24) is 10.7 Å². The summed E-state index contributed by atoms with van der Waals surface area (Å²) in [5.74, 6) is 1.35. The molecule has 0 fully saturated rings. The first-order chi connectivity index (χ1) is 16.3. The highest BCUT2D eigenvalue weighted by Crippen LogP contribution is 2.32. The molecule has 0 spiro atoms. The van der Waals surface area contributed by atoms with Crippen molar-refractivity contribution in [2.75, 3.05) is 13.4 Å². The molecule has 182 valence electrons. The van der Waals surface area contributed by atoms with Crippen molar-refractivity contribution in [3.8, 4) is 23.0 Å². The third-order valence-corrected chi connectivity index (χ3v) is 4.89. The Bertz CT molecular complexity index is 1050. The number of hydrazone groups is 1. The summed E-state index contributed by atoms with van der Waals surface area (Å²) >= 11 is 0. The predicted molar refractivity (Wildman–Crippen MR) is 128 cm³/mol. The van der Waals surface area contributed by atoms with Crippen molar-refractivity contribution in [1.29, 1.82) is 0 Å². The summed E-state index contributed by atoms with van der Waals surface area (Å²) in [6, 6.07) is 9.51. The fourth-order valence-electron chi connectivity index (χ4n) is 3.26. The topological polar surface area (TPSA) is 107 Å². The Morgan fingerprint density at radius 1 is 1.06 bits per heavy atom. The van der Waals surface area contributed by atoms with Gasteiger partial charge in [-0.3, -0.25) is 9.59 Å². The smallest absolute Gasteiger partial charge is 0.262 e. The van der Waals surface area contributed by atoms with E-state index in [9.17, 15) is 9.59 Å². The second-order valence-corrected chi connectivity index (χ2v) is 8.30. The summed E-state index contributed by atoms with van der Waals surface area (Å²) in [4.78, 5) is 25.5. The fraction of sp³-hybridized carbons (Fsp3) is 0.400. The summed E-state index contributed by atoms with van der Waals surface area (Å²) in [5, 5.41) is 6.82. The lowest BCUT2D eigenvalue weighted by Gasteiger charge is -2.20. The molecular weight excluding hydrogens is 438 g/mol. The zero-order valence-electron chi connectivity index (χ0n) is 20.1. The van der Waals surface area contributed by atoms with Gasteiger partial charge in [0.05, 0.1) is 18.9 Å². The molecule has 34 heavy (non-hydrogen) atoms. The van der Waals surface area contributed by atoms with Gasteiger partial charge in [0, 0.05) is 5.56 Å². The van der Waals surface area contributed by atoms with E-state index in [1.807, 2.05) is 40.7 Å². The Balaban J connectivity index is 1.64. The highest BCUT2D eigenvalue weighted by Gasteiger charge is 2.25. The van der Waals surface area contributed by atoms with Crippen LogP contribution in [-0.4, -0.2) is 43.6 Å². The molecule has 1 heterocycles. The number of nitrogens with zero attached hydrogens (tertiary/aromatic N) is 1. The van der Waals surface area contributed by atoms with Crippen LogP contribution in [0.5, 0.6) is 23.0 Å². The zero-order valence-corrected chi connectivity index (χ0v) is 20.1. The van der Waals surface area contributed by atoms with Gasteiger partial charge in [0.15, 0.2) is 23.0 Å². The lowest BCUT2D eigenvalue weighted by molar-refractivity contribution is -0.123. The molecule has 1 aliphatic heterocycles. The van der Waals surface area contributed by atoms with Crippen LogP contribution >= 0.6 is 0 Å². The molecule has 1 unspecified atom stereocenters. The number of hydrogen-bond acceptors (Lipinski definition) is 7. The Morgan fingerprint density at radius 2 is 1.82 bits per heavy atom. The number of fused-ring (bicyclic) bond motifs is 1. The van der Waals surface area contributed by atoms with Crippen LogP contribution in [0.1, 0.15) is 50.5 Å². The van der Waals surface area contributed by atoms with Gasteiger partial charge in [-0.2, -0.15) is 5.10 Å². The SMILES string of the molecule is CCOc1cc(/C=N/NC(=O)C(NC(=O)c2ccc3c(c2)OCO3)C(C)C)ccc1OC(C)C. The molecule has 2 aromatic carbocycles. The van der Waals surface area contributed by atoms with Crippen LogP contribution in [0.15, 0.2) is 41.5 Å². The molecule has 0 saturated heterocycles. The van der Waals surface area contributed by atoms with E-state index in [0.29, 0.717) is 35.2 Å². The van der Waals surface area contributed by atoms with Crippen molar-refractivity contribution >= 4 is 18.0 Å². The molecule has 1 atom stereocenters. The van der Waals surface area contributed by atoms with Crippen molar-refractivity contribution in [2.45, 2.75) is 46.8 Å². The molecule has 0 bridgehead atoms. The molecule has 0 aliphatic carbocycles. The van der Waals surface area contributed by atoms with Crippen molar-refractivity contribution in [2.24, 2.45) is 11.0 Å². The van der Waals surface area contributed by atoms with Crippen molar-refractivity contribution in [3.63, 3.8) is 0 Å². The normalized spacial score (nSPS) is 13.3. The van der Waals surface area contributed by atoms with Crippen LogP contribution < -0.4 is 29.7 Å². The summed E-state index contributed by atoms with van der Waals surface area (Å²) in [6.45, 7) is 10.1. The summed E-state index contributed by atoms with van der Waals surface area (Å²) < 4.78 is 22.0. The highest BCUT2D eigenvalue weighted by atomic mass is 16.7. The van der Waals surface area contributed by atoms with E-state index >= 15 is 0 Å². The minimum absolute atomic E-state index is 0.0128. The van der Waals surface area contributed by atoms with E-state index in [4.69, 9.17) is 18.9 Å². The number of carbonyl (C=O) groups excluding carboxylic acids is 2. The quantitative estimate of drug-likeness (QED) is 0.407. The number of nitrogens with one attached hydrogen (secondary N) is 2. The molecule has 2 N–H and O–H groups in total. The van der Waals surface area contributed by atoms with Crippen LogP contribution in [0.3, 0.4) is 0 Å². The molecular formula is C25H31N3O6. The Labute approximate surface area is 199 Å². The minimum Gasteiger partial charge on any atom is -0.490 e. The summed E-state index contributed by atoms with van der Waals surface area (Å²) in [6.07, 6.45) is 1.52. The minimum atomic E-state index is -0.782. The van der Waals surface area contributed by atoms with Gasteiger partial charge in [-0.25, -0.2) is 5.43 Å². The van der Waals surface area contributed by atoms with Crippen LogP contribution in [0, 0.1) is 5.92 Å². The Morgan fingerprint density at radius 3 is 2.53 bits per heavy atom. The second-order valence-electron chi connectivity index (χ2n) is 8.30. The monoisotopic (exact) mass is 469 g/mol. The first-order valence-corrected chi connectivity index (χ1v) is 11.3. The van der Waals surface area contributed by atoms with Crippen molar-refractivity contribution < 1.29 is 28.5 Å².